The van der Waals surface area contributed by atoms with Crippen molar-refractivity contribution in [2.45, 2.75) is 57.0 Å². The van der Waals surface area contributed by atoms with E-state index in [-0.39, 0.29) is 36.8 Å². The van der Waals surface area contributed by atoms with Crippen molar-refractivity contribution in [2.75, 3.05) is 20.1 Å². The maximum atomic E-state index is 11.9. The average Bonchev–Trinajstić information content (AvgIpc) is 2.75. The Morgan fingerprint density at radius 3 is 2.50 bits per heavy atom. The van der Waals surface area contributed by atoms with E-state index in [0.717, 1.165) is 25.9 Å². The van der Waals surface area contributed by atoms with Gasteiger partial charge in [-0.3, -0.25) is 4.79 Å². The van der Waals surface area contributed by atoms with Gasteiger partial charge < -0.3 is 16.0 Å². The molecule has 6 heteroatoms. The van der Waals surface area contributed by atoms with Crippen molar-refractivity contribution in [2.24, 2.45) is 11.7 Å². The molecule has 2 rings (SSSR count). The van der Waals surface area contributed by atoms with Crippen molar-refractivity contribution in [3.8, 4) is 0 Å². The molecule has 2 fully saturated rings. The third-order valence-corrected chi connectivity index (χ3v) is 4.62. The number of nitrogens with two attached hydrogens (primary N) is 1. The van der Waals surface area contributed by atoms with Crippen LogP contribution in [-0.4, -0.2) is 43.0 Å². The second-order valence-corrected chi connectivity index (χ2v) is 5.99. The third kappa shape index (κ3) is 5.76. The summed E-state index contributed by atoms with van der Waals surface area (Å²) in [6, 6.07) is 0.771. The first-order valence-electron chi connectivity index (χ1n) is 7.39. The van der Waals surface area contributed by atoms with Crippen LogP contribution in [0.2, 0.25) is 0 Å². The molecule has 1 saturated carbocycles. The smallest absolute Gasteiger partial charge is 0.220 e. The number of rotatable bonds is 4. The fourth-order valence-corrected chi connectivity index (χ4v) is 3.27. The average molecular weight is 326 g/mol. The van der Waals surface area contributed by atoms with Crippen LogP contribution in [0.4, 0.5) is 0 Å². The summed E-state index contributed by atoms with van der Waals surface area (Å²) in [4.78, 5) is 14.3. The predicted molar refractivity (Wildman–Crippen MR) is 87.7 cm³/mol. The van der Waals surface area contributed by atoms with Gasteiger partial charge in [0.25, 0.3) is 0 Å². The number of halogens is 2. The fourth-order valence-electron chi connectivity index (χ4n) is 3.27. The zero-order valence-electron chi connectivity index (χ0n) is 12.3. The maximum Gasteiger partial charge on any atom is 0.220 e. The van der Waals surface area contributed by atoms with Crippen LogP contribution in [0.15, 0.2) is 0 Å². The van der Waals surface area contributed by atoms with Gasteiger partial charge >= 0.3 is 0 Å². The Morgan fingerprint density at radius 2 is 1.90 bits per heavy atom. The molecule has 4 nitrogen and oxygen atoms in total. The van der Waals surface area contributed by atoms with Gasteiger partial charge in [0.05, 0.1) is 0 Å². The molecule has 0 radical (unpaired) electrons. The van der Waals surface area contributed by atoms with Gasteiger partial charge in [-0.25, -0.2) is 0 Å². The number of hydrogen-bond donors (Lipinski definition) is 2. The number of amides is 1. The molecule has 2 aliphatic rings. The van der Waals surface area contributed by atoms with E-state index in [1.807, 2.05) is 0 Å². The van der Waals surface area contributed by atoms with Crippen molar-refractivity contribution in [3.05, 3.63) is 0 Å². The number of nitrogens with zero attached hydrogens (tertiary/aromatic N) is 1. The summed E-state index contributed by atoms with van der Waals surface area (Å²) in [5, 5.41) is 3.09. The summed E-state index contributed by atoms with van der Waals surface area (Å²) < 4.78 is 0. The van der Waals surface area contributed by atoms with Gasteiger partial charge in [0.1, 0.15) is 0 Å². The first-order chi connectivity index (χ1) is 8.66. The molecule has 20 heavy (non-hydrogen) atoms. The van der Waals surface area contributed by atoms with Crippen LogP contribution in [0.3, 0.4) is 0 Å². The Balaban J connectivity index is 0.00000180. The largest absolute Gasteiger partial charge is 0.355 e. The van der Waals surface area contributed by atoms with E-state index in [1.54, 1.807) is 0 Å². The Morgan fingerprint density at radius 1 is 1.20 bits per heavy atom. The van der Waals surface area contributed by atoms with E-state index in [1.165, 1.54) is 25.7 Å². The lowest BCUT2D eigenvalue weighted by molar-refractivity contribution is -0.122. The number of hydrogen-bond acceptors (Lipinski definition) is 3. The van der Waals surface area contributed by atoms with Gasteiger partial charge in [0.2, 0.25) is 5.91 Å². The summed E-state index contributed by atoms with van der Waals surface area (Å²) in [6.45, 7) is 1.96. The number of carbonyl (C=O) groups excluding carboxylic acids is 1. The molecule has 1 saturated heterocycles. The normalized spacial score (nSPS) is 30.2. The third-order valence-electron chi connectivity index (χ3n) is 4.62. The molecule has 3 atom stereocenters. The zero-order chi connectivity index (χ0) is 13.0. The minimum Gasteiger partial charge on any atom is -0.355 e. The molecule has 0 aromatic rings. The Labute approximate surface area is 135 Å². The van der Waals surface area contributed by atoms with Crippen LogP contribution in [0.5, 0.6) is 0 Å². The number of likely N-dealkylation sites (N-methyl/N-ethyl adjacent to an activating group) is 1. The minimum absolute atomic E-state index is 0. The summed E-state index contributed by atoms with van der Waals surface area (Å²) >= 11 is 0. The number of nitrogens with one attached hydrogen (secondary N) is 1. The summed E-state index contributed by atoms with van der Waals surface area (Å²) in [7, 11) is 2.14. The van der Waals surface area contributed by atoms with E-state index in [0.29, 0.717) is 18.4 Å². The van der Waals surface area contributed by atoms with Crippen LogP contribution in [0, 0.1) is 5.92 Å². The Hall–Kier alpha value is -0.0300. The maximum absolute atomic E-state index is 11.9. The zero-order valence-corrected chi connectivity index (χ0v) is 14.0. The fraction of sp³-hybridized carbons (Fsp3) is 0.929. The monoisotopic (exact) mass is 325 g/mol. The molecule has 0 aromatic heterocycles. The molecule has 1 amide bonds. The molecule has 1 aliphatic heterocycles. The van der Waals surface area contributed by atoms with Crippen LogP contribution in [0.1, 0.15) is 44.9 Å². The van der Waals surface area contributed by atoms with E-state index in [2.05, 4.69) is 17.3 Å². The first-order valence-corrected chi connectivity index (χ1v) is 7.39. The molecule has 0 bridgehead atoms. The SMILES string of the molecule is CN1CCCC1CNC(=O)CC1CCCCC1N.Cl.Cl. The molecule has 0 aromatic carbocycles. The second kappa shape index (κ2) is 9.82. The topological polar surface area (TPSA) is 58.4 Å². The first kappa shape index (κ1) is 20.0. The highest BCUT2D eigenvalue weighted by atomic mass is 35.5. The van der Waals surface area contributed by atoms with Gasteiger partial charge in [-0.1, -0.05) is 12.8 Å². The van der Waals surface area contributed by atoms with E-state index >= 15 is 0 Å². The van der Waals surface area contributed by atoms with Gasteiger partial charge in [0.15, 0.2) is 0 Å². The number of likely N-dealkylation sites (tertiary alicyclic amines) is 1. The molecular formula is C14H29Cl2N3O. The molecule has 1 heterocycles. The predicted octanol–water partition coefficient (Wildman–Crippen LogP) is 1.95. The highest BCUT2D eigenvalue weighted by Gasteiger charge is 2.25. The highest BCUT2D eigenvalue weighted by molar-refractivity contribution is 5.85. The molecule has 0 spiro atoms. The highest BCUT2D eigenvalue weighted by Crippen LogP contribution is 2.25. The van der Waals surface area contributed by atoms with E-state index in [9.17, 15) is 4.79 Å². The van der Waals surface area contributed by atoms with Gasteiger partial charge in [-0.2, -0.15) is 0 Å². The van der Waals surface area contributed by atoms with Crippen LogP contribution in [0.25, 0.3) is 0 Å². The second-order valence-electron chi connectivity index (χ2n) is 5.99. The van der Waals surface area contributed by atoms with Crippen molar-refractivity contribution >= 4 is 30.7 Å². The summed E-state index contributed by atoms with van der Waals surface area (Å²) in [5.74, 6) is 0.595. The standard InChI is InChI=1S/C14H27N3O.2ClH/c1-17-8-4-6-12(17)10-16-14(18)9-11-5-2-3-7-13(11)15;;/h11-13H,2-10,15H2,1H3,(H,16,18);2*1H. The summed E-state index contributed by atoms with van der Waals surface area (Å²) in [6.07, 6.45) is 7.76. The van der Waals surface area contributed by atoms with Crippen molar-refractivity contribution in [1.29, 1.82) is 0 Å². The summed E-state index contributed by atoms with van der Waals surface area (Å²) in [5.41, 5.74) is 6.08. The lowest BCUT2D eigenvalue weighted by atomic mass is 9.83. The number of carbonyl (C=O) groups is 1. The van der Waals surface area contributed by atoms with Crippen molar-refractivity contribution < 1.29 is 4.79 Å². The quantitative estimate of drug-likeness (QED) is 0.830. The lowest BCUT2D eigenvalue weighted by Crippen LogP contribution is -2.41. The van der Waals surface area contributed by atoms with Gasteiger partial charge in [-0.05, 0) is 45.2 Å². The molecule has 3 N–H and O–H groups in total. The molecule has 3 unspecified atom stereocenters. The Bertz CT molecular complexity index is 292. The van der Waals surface area contributed by atoms with Gasteiger partial charge in [0, 0.05) is 25.0 Å². The van der Waals surface area contributed by atoms with Gasteiger partial charge in [-0.15, -0.1) is 24.8 Å². The van der Waals surface area contributed by atoms with Crippen LogP contribution >= 0.6 is 24.8 Å². The van der Waals surface area contributed by atoms with Crippen molar-refractivity contribution in [1.82, 2.24) is 10.2 Å². The Kier molecular flexibility index (Phi) is 9.81. The van der Waals surface area contributed by atoms with Crippen molar-refractivity contribution in [3.63, 3.8) is 0 Å². The molecule has 120 valence electrons. The lowest BCUT2D eigenvalue weighted by Gasteiger charge is -2.28. The molecule has 1 aliphatic carbocycles. The van der Waals surface area contributed by atoms with Crippen LogP contribution < -0.4 is 11.1 Å². The van der Waals surface area contributed by atoms with E-state index in [4.69, 9.17) is 5.73 Å². The van der Waals surface area contributed by atoms with E-state index < -0.39 is 0 Å². The molecular weight excluding hydrogens is 297 g/mol. The minimum atomic E-state index is 0. The van der Waals surface area contributed by atoms with Crippen LogP contribution in [-0.2, 0) is 4.79 Å².